The summed E-state index contributed by atoms with van der Waals surface area (Å²) in [6.45, 7) is 0. The van der Waals surface area contributed by atoms with Crippen LogP contribution in [0.2, 0.25) is 0 Å². The van der Waals surface area contributed by atoms with Crippen LogP contribution in [-0.2, 0) is 0 Å². The van der Waals surface area contributed by atoms with Crippen molar-refractivity contribution in [2.45, 2.75) is 0 Å². The van der Waals surface area contributed by atoms with Gasteiger partial charge in [0.15, 0.2) is 5.82 Å². The molecule has 0 aliphatic heterocycles. The number of benzene rings is 8. The summed E-state index contributed by atoms with van der Waals surface area (Å²) in [6.07, 6.45) is 0. The Morgan fingerprint density at radius 3 is 1.76 bits per heavy atom. The van der Waals surface area contributed by atoms with E-state index in [4.69, 9.17) is 9.97 Å². The van der Waals surface area contributed by atoms with E-state index >= 15 is 0 Å². The van der Waals surface area contributed by atoms with Crippen molar-refractivity contribution in [1.82, 2.24) is 19.1 Å². The minimum absolute atomic E-state index is 0.819. The van der Waals surface area contributed by atoms with Gasteiger partial charge in [0.1, 0.15) is 5.69 Å². The molecule has 0 saturated heterocycles. The van der Waals surface area contributed by atoms with Gasteiger partial charge in [-0.15, -0.1) is 0 Å². The molecule has 0 fully saturated rings. The zero-order valence-corrected chi connectivity index (χ0v) is 27.0. The van der Waals surface area contributed by atoms with Gasteiger partial charge in [0, 0.05) is 32.5 Å². The monoisotopic (exact) mass is 636 g/mol. The van der Waals surface area contributed by atoms with Crippen molar-refractivity contribution in [1.29, 1.82) is 0 Å². The molecule has 3 aromatic heterocycles. The van der Waals surface area contributed by atoms with Gasteiger partial charge in [-0.3, -0.25) is 4.57 Å². The van der Waals surface area contributed by atoms with Crippen LogP contribution in [0.15, 0.2) is 170 Å². The van der Waals surface area contributed by atoms with Gasteiger partial charge in [-0.05, 0) is 64.7 Å². The quantitative estimate of drug-likeness (QED) is 0.193. The summed E-state index contributed by atoms with van der Waals surface area (Å²) in [4.78, 5) is 10.6. The van der Waals surface area contributed by atoms with E-state index < -0.39 is 0 Å². The summed E-state index contributed by atoms with van der Waals surface area (Å²) in [7, 11) is 0. The van der Waals surface area contributed by atoms with Gasteiger partial charge in [0.2, 0.25) is 0 Å². The number of aromatic nitrogens is 4. The predicted octanol–water partition coefficient (Wildman–Crippen LogP) is 11.8. The lowest BCUT2D eigenvalue weighted by Gasteiger charge is -2.14. The van der Waals surface area contributed by atoms with Gasteiger partial charge in [0.05, 0.1) is 38.8 Å². The second kappa shape index (κ2) is 10.4. The average molecular weight is 637 g/mol. The van der Waals surface area contributed by atoms with Crippen molar-refractivity contribution in [3.63, 3.8) is 0 Å². The molecular weight excluding hydrogens is 609 g/mol. The van der Waals surface area contributed by atoms with Crippen molar-refractivity contribution < 1.29 is 0 Å². The van der Waals surface area contributed by atoms with Crippen molar-refractivity contribution >= 4 is 76.2 Å². The molecule has 11 rings (SSSR count). The third-order valence-corrected chi connectivity index (χ3v) is 10.2. The maximum Gasteiger partial charge on any atom is 0.165 e. The van der Waals surface area contributed by atoms with E-state index in [0.717, 1.165) is 50.3 Å². The Labute approximate surface area is 287 Å². The standard InChI is InChI=1S/C46H28N4/c1-2-14-30(15-3-1)45-46(48-39-22-10-9-21-38(39)47-45)50-41-23-11-8-20-34(41)36-27-37-35-25-31-16-4-5-17-32(31)26-42(35)49(43(37)28-44(36)50)40-24-12-18-29-13-6-7-19-33(29)40/h1-28H. The third-order valence-electron chi connectivity index (χ3n) is 10.2. The number of fused-ring (bicyclic) bond motifs is 9. The Morgan fingerprint density at radius 2 is 0.920 bits per heavy atom. The predicted molar refractivity (Wildman–Crippen MR) is 209 cm³/mol. The van der Waals surface area contributed by atoms with E-state index in [1.807, 2.05) is 24.3 Å². The number of rotatable bonds is 3. The fourth-order valence-electron chi connectivity index (χ4n) is 7.99. The Bertz CT molecular complexity index is 3140. The lowest BCUT2D eigenvalue weighted by atomic mass is 10.0. The fourth-order valence-corrected chi connectivity index (χ4v) is 7.99. The van der Waals surface area contributed by atoms with Gasteiger partial charge in [-0.25, -0.2) is 9.97 Å². The van der Waals surface area contributed by atoms with Crippen LogP contribution in [0.25, 0.3) is 99.0 Å². The fraction of sp³-hybridized carbons (Fsp3) is 0. The Kier molecular flexibility index (Phi) is 5.63. The molecule has 3 heterocycles. The Hall–Kier alpha value is -6.78. The lowest BCUT2D eigenvalue weighted by molar-refractivity contribution is 1.08. The molecule has 0 aliphatic rings. The van der Waals surface area contributed by atoms with E-state index in [-0.39, 0.29) is 0 Å². The molecule has 232 valence electrons. The molecule has 8 aromatic carbocycles. The summed E-state index contributed by atoms with van der Waals surface area (Å²) in [5, 5.41) is 9.73. The molecule has 0 atom stereocenters. The van der Waals surface area contributed by atoms with Crippen molar-refractivity contribution in [3.8, 4) is 22.8 Å². The summed E-state index contributed by atoms with van der Waals surface area (Å²) in [5.41, 5.74) is 9.32. The molecule has 4 nitrogen and oxygen atoms in total. The van der Waals surface area contributed by atoms with Crippen molar-refractivity contribution in [2.75, 3.05) is 0 Å². The molecule has 50 heavy (non-hydrogen) atoms. The van der Waals surface area contributed by atoms with Crippen LogP contribution in [0.5, 0.6) is 0 Å². The third kappa shape index (κ3) is 3.87. The van der Waals surface area contributed by atoms with Crippen LogP contribution in [0.4, 0.5) is 0 Å². The molecule has 0 N–H and O–H groups in total. The molecule has 0 aliphatic carbocycles. The van der Waals surface area contributed by atoms with Crippen LogP contribution in [-0.4, -0.2) is 19.1 Å². The van der Waals surface area contributed by atoms with Crippen LogP contribution in [0, 0.1) is 0 Å². The highest BCUT2D eigenvalue weighted by Crippen LogP contribution is 2.42. The lowest BCUT2D eigenvalue weighted by Crippen LogP contribution is -2.03. The van der Waals surface area contributed by atoms with Crippen molar-refractivity contribution in [2.24, 2.45) is 0 Å². The molecule has 0 bridgehead atoms. The van der Waals surface area contributed by atoms with Gasteiger partial charge < -0.3 is 4.57 Å². The molecule has 0 spiro atoms. The maximum absolute atomic E-state index is 5.37. The van der Waals surface area contributed by atoms with E-state index in [9.17, 15) is 0 Å². The zero-order valence-electron chi connectivity index (χ0n) is 27.0. The summed E-state index contributed by atoms with van der Waals surface area (Å²) in [5.74, 6) is 0.819. The highest BCUT2D eigenvalue weighted by atomic mass is 15.1. The van der Waals surface area contributed by atoms with E-state index in [0.29, 0.717) is 0 Å². The minimum Gasteiger partial charge on any atom is -0.309 e. The summed E-state index contributed by atoms with van der Waals surface area (Å²) in [6, 6.07) is 60.7. The molecule has 0 amide bonds. The van der Waals surface area contributed by atoms with E-state index in [1.165, 1.54) is 48.6 Å². The highest BCUT2D eigenvalue weighted by molar-refractivity contribution is 6.21. The topological polar surface area (TPSA) is 35.6 Å². The van der Waals surface area contributed by atoms with Crippen LogP contribution < -0.4 is 0 Å². The molecule has 4 heteroatoms. The normalized spacial score (nSPS) is 12.0. The smallest absolute Gasteiger partial charge is 0.165 e. The first-order valence-electron chi connectivity index (χ1n) is 17.0. The summed E-state index contributed by atoms with van der Waals surface area (Å²) < 4.78 is 4.79. The van der Waals surface area contributed by atoms with Crippen LogP contribution in [0.3, 0.4) is 0 Å². The molecular formula is C46H28N4. The SMILES string of the molecule is c1ccc(-c2nc3ccccc3nc2-n2c3ccccc3c3cc4c5cc6ccccc6cc5n(-c5cccc6ccccc56)c4cc32)cc1. The van der Waals surface area contributed by atoms with Gasteiger partial charge in [-0.2, -0.15) is 0 Å². The first kappa shape index (κ1) is 27.2. The minimum atomic E-state index is 0.819. The number of nitrogens with zero attached hydrogens (tertiary/aromatic N) is 4. The highest BCUT2D eigenvalue weighted by Gasteiger charge is 2.22. The molecule has 0 radical (unpaired) electrons. The number of hydrogen-bond acceptors (Lipinski definition) is 2. The number of hydrogen-bond donors (Lipinski definition) is 0. The van der Waals surface area contributed by atoms with E-state index in [1.54, 1.807) is 0 Å². The van der Waals surface area contributed by atoms with E-state index in [2.05, 4.69) is 155 Å². The van der Waals surface area contributed by atoms with Crippen LogP contribution in [0.1, 0.15) is 0 Å². The van der Waals surface area contributed by atoms with Gasteiger partial charge in [-0.1, -0.05) is 121 Å². The Morgan fingerprint density at radius 1 is 0.340 bits per heavy atom. The summed E-state index contributed by atoms with van der Waals surface area (Å²) >= 11 is 0. The molecule has 11 aromatic rings. The first-order valence-corrected chi connectivity index (χ1v) is 17.0. The van der Waals surface area contributed by atoms with Gasteiger partial charge in [0.25, 0.3) is 0 Å². The van der Waals surface area contributed by atoms with Crippen molar-refractivity contribution in [3.05, 3.63) is 170 Å². The molecule has 0 saturated carbocycles. The van der Waals surface area contributed by atoms with Crippen LogP contribution >= 0.6 is 0 Å². The molecule has 0 unspecified atom stereocenters. The average Bonchev–Trinajstić information content (AvgIpc) is 3.66. The largest absolute Gasteiger partial charge is 0.309 e. The maximum atomic E-state index is 5.37. The first-order chi connectivity index (χ1) is 24.8. The number of para-hydroxylation sites is 3. The Balaban J connectivity index is 1.34. The van der Waals surface area contributed by atoms with Gasteiger partial charge >= 0.3 is 0 Å². The second-order valence-corrected chi connectivity index (χ2v) is 13.0. The zero-order chi connectivity index (χ0) is 32.8. The second-order valence-electron chi connectivity index (χ2n) is 13.0.